The lowest BCUT2D eigenvalue weighted by molar-refractivity contribution is 0.430. The summed E-state index contributed by atoms with van der Waals surface area (Å²) < 4.78 is 0. The summed E-state index contributed by atoms with van der Waals surface area (Å²) in [5.41, 5.74) is 5.29. The Hall–Kier alpha value is -0.780. The van der Waals surface area contributed by atoms with E-state index < -0.39 is 0 Å². The lowest BCUT2D eigenvalue weighted by Crippen LogP contribution is -2.24. The number of hydrogen-bond donors (Lipinski definition) is 0. The van der Waals surface area contributed by atoms with Gasteiger partial charge in [0.1, 0.15) is 0 Å². The van der Waals surface area contributed by atoms with Gasteiger partial charge in [-0.25, -0.2) is 0 Å². The fourth-order valence-electron chi connectivity index (χ4n) is 2.78. The molecule has 0 aromatic heterocycles. The van der Waals surface area contributed by atoms with Crippen molar-refractivity contribution in [3.8, 4) is 0 Å². The van der Waals surface area contributed by atoms with Crippen LogP contribution in [0.3, 0.4) is 0 Å². The zero-order chi connectivity index (χ0) is 12.0. The maximum Gasteiger partial charge on any atom is -0.0101 e. The SMILES string of the molecule is CC(C)(C)c1ccc2c(c1)CCCC2(C)C. The Morgan fingerprint density at radius 3 is 2.44 bits per heavy atom. The van der Waals surface area contributed by atoms with Crippen LogP contribution < -0.4 is 0 Å². The number of fused-ring (bicyclic) bond motifs is 1. The summed E-state index contributed by atoms with van der Waals surface area (Å²) in [5, 5.41) is 0. The molecule has 0 N–H and O–H groups in total. The van der Waals surface area contributed by atoms with Crippen LogP contribution in [-0.4, -0.2) is 0 Å². The predicted molar refractivity (Wildman–Crippen MR) is 71.1 cm³/mol. The first-order valence-corrected chi connectivity index (χ1v) is 6.45. The van der Waals surface area contributed by atoms with E-state index in [9.17, 15) is 0 Å². The molecule has 16 heavy (non-hydrogen) atoms. The van der Waals surface area contributed by atoms with E-state index in [1.165, 1.54) is 24.8 Å². The van der Waals surface area contributed by atoms with Gasteiger partial charge in [-0.2, -0.15) is 0 Å². The van der Waals surface area contributed by atoms with E-state index in [0.29, 0.717) is 5.41 Å². The Balaban J connectivity index is 2.48. The van der Waals surface area contributed by atoms with Gasteiger partial charge in [-0.15, -0.1) is 0 Å². The molecule has 1 aromatic rings. The quantitative estimate of drug-likeness (QED) is 0.594. The maximum absolute atomic E-state index is 2.44. The van der Waals surface area contributed by atoms with Crippen LogP contribution in [0.2, 0.25) is 0 Å². The zero-order valence-electron chi connectivity index (χ0n) is 11.4. The van der Waals surface area contributed by atoms with Crippen molar-refractivity contribution >= 4 is 0 Å². The van der Waals surface area contributed by atoms with Crippen molar-refractivity contribution in [1.82, 2.24) is 0 Å². The van der Waals surface area contributed by atoms with Crippen LogP contribution in [0.4, 0.5) is 0 Å². The molecular formula is C16H24. The molecule has 88 valence electrons. The van der Waals surface area contributed by atoms with Crippen LogP contribution in [0.25, 0.3) is 0 Å². The van der Waals surface area contributed by atoms with Gasteiger partial charge in [0.25, 0.3) is 0 Å². The Bertz CT molecular complexity index is 391. The first-order valence-electron chi connectivity index (χ1n) is 6.45. The Labute approximate surface area is 100 Å². The van der Waals surface area contributed by atoms with Crippen molar-refractivity contribution in [1.29, 1.82) is 0 Å². The van der Waals surface area contributed by atoms with E-state index >= 15 is 0 Å². The number of rotatable bonds is 0. The van der Waals surface area contributed by atoms with Crippen molar-refractivity contribution in [2.45, 2.75) is 64.7 Å². The highest BCUT2D eigenvalue weighted by Gasteiger charge is 2.28. The molecule has 0 fully saturated rings. The van der Waals surface area contributed by atoms with Crippen molar-refractivity contribution in [2.75, 3.05) is 0 Å². The van der Waals surface area contributed by atoms with E-state index in [1.54, 1.807) is 11.1 Å². The van der Waals surface area contributed by atoms with Gasteiger partial charge in [0.05, 0.1) is 0 Å². The van der Waals surface area contributed by atoms with Crippen LogP contribution in [0, 0.1) is 0 Å². The van der Waals surface area contributed by atoms with E-state index in [4.69, 9.17) is 0 Å². The minimum Gasteiger partial charge on any atom is -0.0582 e. The second-order valence-corrected chi connectivity index (χ2v) is 6.86. The molecule has 2 rings (SSSR count). The molecular weight excluding hydrogens is 192 g/mol. The third kappa shape index (κ3) is 2.03. The molecule has 0 saturated carbocycles. The molecule has 0 atom stereocenters. The lowest BCUT2D eigenvalue weighted by atomic mass is 9.71. The average Bonchev–Trinajstić information content (AvgIpc) is 2.15. The highest BCUT2D eigenvalue weighted by atomic mass is 14.3. The highest BCUT2D eigenvalue weighted by molar-refractivity contribution is 5.40. The summed E-state index contributed by atoms with van der Waals surface area (Å²) in [6, 6.07) is 7.14. The van der Waals surface area contributed by atoms with E-state index in [1.807, 2.05) is 0 Å². The van der Waals surface area contributed by atoms with Gasteiger partial charge in [-0.05, 0) is 46.8 Å². The standard InChI is InChI=1S/C16H24/c1-15(2,3)13-8-9-14-12(11-13)7-6-10-16(14,4)5/h8-9,11H,6-7,10H2,1-5H3. The van der Waals surface area contributed by atoms with Crippen LogP contribution in [-0.2, 0) is 17.3 Å². The Morgan fingerprint density at radius 1 is 1.12 bits per heavy atom. The van der Waals surface area contributed by atoms with Crippen molar-refractivity contribution in [3.63, 3.8) is 0 Å². The van der Waals surface area contributed by atoms with E-state index in [2.05, 4.69) is 52.8 Å². The number of aryl methyl sites for hydroxylation is 1. The molecule has 0 unspecified atom stereocenters. The maximum atomic E-state index is 2.44. The monoisotopic (exact) mass is 216 g/mol. The van der Waals surface area contributed by atoms with Crippen LogP contribution in [0.1, 0.15) is 64.2 Å². The van der Waals surface area contributed by atoms with Crippen LogP contribution >= 0.6 is 0 Å². The first kappa shape index (κ1) is 11.7. The second kappa shape index (κ2) is 3.61. The molecule has 1 aromatic carbocycles. The summed E-state index contributed by atoms with van der Waals surface area (Å²) in [5.74, 6) is 0. The molecule has 0 heteroatoms. The Morgan fingerprint density at radius 2 is 1.81 bits per heavy atom. The highest BCUT2D eigenvalue weighted by Crippen LogP contribution is 2.38. The van der Waals surface area contributed by atoms with Crippen LogP contribution in [0.5, 0.6) is 0 Å². The third-order valence-corrected chi connectivity index (χ3v) is 3.95. The molecule has 0 aliphatic heterocycles. The summed E-state index contributed by atoms with van der Waals surface area (Å²) in [6.45, 7) is 11.6. The smallest absolute Gasteiger partial charge is 0.0101 e. The topological polar surface area (TPSA) is 0 Å². The van der Waals surface area contributed by atoms with Crippen LogP contribution in [0.15, 0.2) is 18.2 Å². The molecule has 0 spiro atoms. The van der Waals surface area contributed by atoms with Gasteiger partial charge in [0, 0.05) is 0 Å². The lowest BCUT2D eigenvalue weighted by Gasteiger charge is -2.34. The van der Waals surface area contributed by atoms with Gasteiger partial charge < -0.3 is 0 Å². The number of benzene rings is 1. The molecule has 0 nitrogen and oxygen atoms in total. The van der Waals surface area contributed by atoms with Crippen molar-refractivity contribution < 1.29 is 0 Å². The number of hydrogen-bond acceptors (Lipinski definition) is 0. The first-order chi connectivity index (χ1) is 7.31. The fourth-order valence-corrected chi connectivity index (χ4v) is 2.78. The normalized spacial score (nSPS) is 19.3. The summed E-state index contributed by atoms with van der Waals surface area (Å²) in [4.78, 5) is 0. The van der Waals surface area contributed by atoms with Crippen molar-refractivity contribution in [2.24, 2.45) is 0 Å². The van der Waals surface area contributed by atoms with Gasteiger partial charge in [0.15, 0.2) is 0 Å². The van der Waals surface area contributed by atoms with Gasteiger partial charge in [0.2, 0.25) is 0 Å². The summed E-state index contributed by atoms with van der Waals surface area (Å²) >= 11 is 0. The van der Waals surface area contributed by atoms with Gasteiger partial charge in [-0.1, -0.05) is 52.8 Å². The predicted octanol–water partition coefficient (Wildman–Crippen LogP) is 4.60. The van der Waals surface area contributed by atoms with Gasteiger partial charge in [-0.3, -0.25) is 0 Å². The zero-order valence-corrected chi connectivity index (χ0v) is 11.4. The summed E-state index contributed by atoms with van der Waals surface area (Å²) in [6.07, 6.45) is 3.94. The van der Waals surface area contributed by atoms with E-state index in [-0.39, 0.29) is 5.41 Å². The van der Waals surface area contributed by atoms with E-state index in [0.717, 1.165) is 0 Å². The fraction of sp³-hybridized carbons (Fsp3) is 0.625. The minimum atomic E-state index is 0.274. The molecule has 1 aliphatic carbocycles. The second-order valence-electron chi connectivity index (χ2n) is 6.86. The Kier molecular flexibility index (Phi) is 2.64. The van der Waals surface area contributed by atoms with Crippen molar-refractivity contribution in [3.05, 3.63) is 34.9 Å². The van der Waals surface area contributed by atoms with Gasteiger partial charge >= 0.3 is 0 Å². The average molecular weight is 216 g/mol. The molecule has 0 bridgehead atoms. The molecule has 0 radical (unpaired) electrons. The largest absolute Gasteiger partial charge is 0.0582 e. The molecule has 0 saturated heterocycles. The molecule has 1 aliphatic rings. The summed E-state index contributed by atoms with van der Waals surface area (Å²) in [7, 11) is 0. The third-order valence-electron chi connectivity index (χ3n) is 3.95. The molecule has 0 heterocycles. The minimum absolute atomic E-state index is 0.274. The molecule has 0 amide bonds.